The van der Waals surface area contributed by atoms with Crippen molar-refractivity contribution in [2.75, 3.05) is 13.6 Å². The van der Waals surface area contributed by atoms with Crippen LogP contribution in [0.15, 0.2) is 21.2 Å². The van der Waals surface area contributed by atoms with Crippen LogP contribution in [0.1, 0.15) is 23.9 Å². The maximum absolute atomic E-state index is 11.8. The van der Waals surface area contributed by atoms with Crippen molar-refractivity contribution in [1.29, 1.82) is 0 Å². The van der Waals surface area contributed by atoms with Gasteiger partial charge in [-0.15, -0.1) is 0 Å². The van der Waals surface area contributed by atoms with Crippen molar-refractivity contribution < 1.29 is 9.21 Å². The molecule has 1 rings (SSSR count). The number of alkyl halides is 1. The molecule has 0 saturated heterocycles. The molecule has 1 aromatic heterocycles. The van der Waals surface area contributed by atoms with Gasteiger partial charge < -0.3 is 9.32 Å². The van der Waals surface area contributed by atoms with Crippen LogP contribution in [0.4, 0.5) is 0 Å². The zero-order valence-electron chi connectivity index (χ0n) is 8.67. The third kappa shape index (κ3) is 3.99. The van der Waals surface area contributed by atoms with Crippen molar-refractivity contribution in [2.45, 2.75) is 18.2 Å². The van der Waals surface area contributed by atoms with Gasteiger partial charge in [0.1, 0.15) is 0 Å². The minimum absolute atomic E-state index is 0.0890. The summed E-state index contributed by atoms with van der Waals surface area (Å²) in [5.41, 5.74) is 0. The minimum atomic E-state index is -0.0890. The number of carbonyl (C=O) groups excluding carboxylic acids is 1. The molecule has 3 nitrogen and oxygen atoms in total. The van der Waals surface area contributed by atoms with Crippen molar-refractivity contribution >= 4 is 37.8 Å². The molecule has 0 aliphatic heterocycles. The monoisotopic (exact) mass is 337 g/mol. The second kappa shape index (κ2) is 5.70. The van der Waals surface area contributed by atoms with Crippen LogP contribution in [0.2, 0.25) is 0 Å². The predicted molar refractivity (Wildman–Crippen MR) is 66.4 cm³/mol. The molecule has 15 heavy (non-hydrogen) atoms. The van der Waals surface area contributed by atoms with Crippen LogP contribution in [0.25, 0.3) is 0 Å². The molecular formula is C10H13Br2NO2. The number of nitrogens with zero attached hydrogens (tertiary/aromatic N) is 1. The number of amides is 1. The van der Waals surface area contributed by atoms with E-state index in [-0.39, 0.29) is 5.91 Å². The number of halogens is 2. The normalized spacial score (nSPS) is 12.5. The van der Waals surface area contributed by atoms with Crippen LogP contribution in [0.5, 0.6) is 0 Å². The fraction of sp³-hybridized carbons (Fsp3) is 0.500. The smallest absolute Gasteiger partial charge is 0.289 e. The molecule has 0 N–H and O–H groups in total. The lowest BCUT2D eigenvalue weighted by molar-refractivity contribution is 0.0761. The van der Waals surface area contributed by atoms with E-state index in [2.05, 4.69) is 38.8 Å². The van der Waals surface area contributed by atoms with E-state index in [0.29, 0.717) is 21.8 Å². The quantitative estimate of drug-likeness (QED) is 0.789. The van der Waals surface area contributed by atoms with E-state index < -0.39 is 0 Å². The van der Waals surface area contributed by atoms with Gasteiger partial charge in [0, 0.05) is 18.4 Å². The molecule has 0 saturated carbocycles. The van der Waals surface area contributed by atoms with Gasteiger partial charge in [0.25, 0.3) is 5.91 Å². The van der Waals surface area contributed by atoms with Crippen LogP contribution in [-0.4, -0.2) is 29.2 Å². The summed E-state index contributed by atoms with van der Waals surface area (Å²) in [7, 11) is 1.77. The lowest BCUT2D eigenvalue weighted by Crippen LogP contribution is -2.28. The van der Waals surface area contributed by atoms with Gasteiger partial charge in [0.15, 0.2) is 10.4 Å². The molecule has 0 fully saturated rings. The standard InChI is InChI=1S/C10H13Br2NO2/c1-7(11)5-6-13(2)10(14)8-3-4-9(12)15-8/h3-4,7H,5-6H2,1-2H3. The van der Waals surface area contributed by atoms with Crippen molar-refractivity contribution in [3.8, 4) is 0 Å². The van der Waals surface area contributed by atoms with E-state index in [4.69, 9.17) is 4.42 Å². The SMILES string of the molecule is CC(Br)CCN(C)C(=O)c1ccc(Br)o1. The first-order valence-corrected chi connectivity index (χ1v) is 6.36. The van der Waals surface area contributed by atoms with Crippen molar-refractivity contribution in [3.05, 3.63) is 22.6 Å². The number of rotatable bonds is 4. The highest BCUT2D eigenvalue weighted by Crippen LogP contribution is 2.15. The Balaban J connectivity index is 2.53. The fourth-order valence-electron chi connectivity index (χ4n) is 1.09. The molecule has 0 aliphatic carbocycles. The first-order chi connectivity index (χ1) is 7.00. The number of furan rings is 1. The molecule has 0 radical (unpaired) electrons. The minimum Gasteiger partial charge on any atom is -0.444 e. The van der Waals surface area contributed by atoms with Crippen molar-refractivity contribution in [2.24, 2.45) is 0 Å². The second-order valence-corrected chi connectivity index (χ2v) is 5.74. The Kier molecular flexibility index (Phi) is 4.86. The summed E-state index contributed by atoms with van der Waals surface area (Å²) >= 11 is 6.61. The Morgan fingerprint density at radius 2 is 2.27 bits per heavy atom. The van der Waals surface area contributed by atoms with Gasteiger partial charge in [0.05, 0.1) is 0 Å². The molecule has 1 atom stereocenters. The Hall–Kier alpha value is -0.290. The van der Waals surface area contributed by atoms with Gasteiger partial charge in [-0.25, -0.2) is 0 Å². The van der Waals surface area contributed by atoms with E-state index in [1.807, 2.05) is 0 Å². The molecule has 1 heterocycles. The topological polar surface area (TPSA) is 33.5 Å². The molecule has 0 spiro atoms. The van der Waals surface area contributed by atoms with E-state index in [9.17, 15) is 4.79 Å². The molecule has 0 aliphatic rings. The van der Waals surface area contributed by atoms with E-state index in [1.54, 1.807) is 24.1 Å². The zero-order chi connectivity index (χ0) is 11.4. The fourth-order valence-corrected chi connectivity index (χ4v) is 1.60. The van der Waals surface area contributed by atoms with Crippen LogP contribution in [-0.2, 0) is 0 Å². The lowest BCUT2D eigenvalue weighted by atomic mass is 10.3. The summed E-state index contributed by atoms with van der Waals surface area (Å²) in [6.45, 7) is 2.77. The Morgan fingerprint density at radius 1 is 1.60 bits per heavy atom. The van der Waals surface area contributed by atoms with Gasteiger partial charge in [-0.3, -0.25) is 4.79 Å². The maximum Gasteiger partial charge on any atom is 0.289 e. The van der Waals surface area contributed by atoms with Crippen LogP contribution < -0.4 is 0 Å². The Bertz CT molecular complexity index is 336. The summed E-state index contributed by atoms with van der Waals surface area (Å²) in [4.78, 5) is 13.8. The van der Waals surface area contributed by atoms with Crippen LogP contribution >= 0.6 is 31.9 Å². The largest absolute Gasteiger partial charge is 0.444 e. The molecule has 1 amide bonds. The van der Waals surface area contributed by atoms with Gasteiger partial charge in [0.2, 0.25) is 0 Å². The summed E-state index contributed by atoms with van der Waals surface area (Å²) in [5, 5.41) is 0. The summed E-state index contributed by atoms with van der Waals surface area (Å²) < 4.78 is 5.76. The number of hydrogen-bond acceptors (Lipinski definition) is 2. The lowest BCUT2D eigenvalue weighted by Gasteiger charge is -2.16. The summed E-state index contributed by atoms with van der Waals surface area (Å²) in [6.07, 6.45) is 0.921. The molecular weight excluding hydrogens is 326 g/mol. The predicted octanol–water partition coefficient (Wildman–Crippen LogP) is 3.29. The summed E-state index contributed by atoms with van der Waals surface area (Å²) in [6, 6.07) is 3.38. The highest BCUT2D eigenvalue weighted by atomic mass is 79.9. The first-order valence-electron chi connectivity index (χ1n) is 4.65. The van der Waals surface area contributed by atoms with Gasteiger partial charge in [-0.05, 0) is 34.5 Å². The van der Waals surface area contributed by atoms with Crippen LogP contribution in [0.3, 0.4) is 0 Å². The Morgan fingerprint density at radius 3 is 2.73 bits per heavy atom. The van der Waals surface area contributed by atoms with Gasteiger partial charge in [-0.1, -0.05) is 22.9 Å². The summed E-state index contributed by atoms with van der Waals surface area (Å²) in [5.74, 6) is 0.278. The average molecular weight is 339 g/mol. The average Bonchev–Trinajstić information content (AvgIpc) is 2.60. The second-order valence-electron chi connectivity index (χ2n) is 3.40. The maximum atomic E-state index is 11.8. The highest BCUT2D eigenvalue weighted by molar-refractivity contribution is 9.10. The molecule has 0 aromatic carbocycles. The molecule has 5 heteroatoms. The molecule has 1 unspecified atom stereocenters. The Labute approximate surface area is 106 Å². The number of hydrogen-bond donors (Lipinski definition) is 0. The molecule has 84 valence electrons. The van der Waals surface area contributed by atoms with E-state index in [1.165, 1.54) is 0 Å². The first kappa shape index (κ1) is 12.8. The highest BCUT2D eigenvalue weighted by Gasteiger charge is 2.15. The third-order valence-corrected chi connectivity index (χ3v) is 2.88. The van der Waals surface area contributed by atoms with Crippen molar-refractivity contribution in [3.63, 3.8) is 0 Å². The third-order valence-electron chi connectivity index (χ3n) is 1.99. The molecule has 1 aromatic rings. The molecule has 0 bridgehead atoms. The van der Waals surface area contributed by atoms with Gasteiger partial charge in [-0.2, -0.15) is 0 Å². The van der Waals surface area contributed by atoms with E-state index in [0.717, 1.165) is 6.42 Å². The van der Waals surface area contributed by atoms with Crippen LogP contribution in [0, 0.1) is 0 Å². The van der Waals surface area contributed by atoms with Crippen molar-refractivity contribution in [1.82, 2.24) is 4.90 Å². The van der Waals surface area contributed by atoms with Gasteiger partial charge >= 0.3 is 0 Å². The number of carbonyl (C=O) groups is 1. The van der Waals surface area contributed by atoms with E-state index >= 15 is 0 Å². The zero-order valence-corrected chi connectivity index (χ0v) is 11.8.